The Balaban J connectivity index is 1.87. The van der Waals surface area contributed by atoms with Gasteiger partial charge in [0.15, 0.2) is 0 Å². The second-order valence-electron chi connectivity index (χ2n) is 7.07. The molecule has 5 atom stereocenters. The molecule has 13 heavy (non-hydrogen) atoms. The van der Waals surface area contributed by atoms with Crippen LogP contribution in [0, 0.1) is 16.2 Å². The monoisotopic (exact) mass is 196 g/mol. The average molecular weight is 196 g/mol. The quantitative estimate of drug-likeness (QED) is 0.522. The Morgan fingerprint density at radius 3 is 2.08 bits per heavy atom. The maximum atomic E-state index is 2.61. The van der Waals surface area contributed by atoms with Crippen molar-refractivity contribution in [1.29, 1.82) is 0 Å². The third-order valence-electron chi connectivity index (χ3n) is 7.13. The Bertz CT molecular complexity index is 360. The van der Waals surface area contributed by atoms with Gasteiger partial charge < -0.3 is 0 Å². The Kier molecular flexibility index (Phi) is 0.746. The van der Waals surface area contributed by atoms with Gasteiger partial charge in [0.05, 0.1) is 0 Å². The summed E-state index contributed by atoms with van der Waals surface area (Å²) in [6.45, 7) is 7.74. The minimum Gasteiger partial charge on any atom is -0.236 e. The molecule has 0 aromatic carbocycles. The van der Waals surface area contributed by atoms with Crippen molar-refractivity contribution in [1.82, 2.24) is 0 Å². The van der Waals surface area contributed by atoms with E-state index in [1.807, 2.05) is 0 Å². The van der Waals surface area contributed by atoms with Crippen LogP contribution in [0.3, 0.4) is 0 Å². The van der Waals surface area contributed by atoms with Gasteiger partial charge in [-0.25, -0.2) is 10.0 Å². The summed E-state index contributed by atoms with van der Waals surface area (Å²) >= 11 is 0. The van der Waals surface area contributed by atoms with E-state index in [-0.39, 0.29) is 10.0 Å². The number of fused-ring (bicyclic) bond motifs is 3. The van der Waals surface area contributed by atoms with Crippen molar-refractivity contribution in [2.45, 2.75) is 43.6 Å². The van der Waals surface area contributed by atoms with Crippen molar-refractivity contribution in [3.8, 4) is 0 Å². The minimum absolute atomic E-state index is 0.211. The maximum Gasteiger partial charge on any atom is 0.00883 e. The Hall–Kier alpha value is 0.350. The van der Waals surface area contributed by atoms with Crippen LogP contribution in [0.25, 0.3) is 0 Å². The molecule has 4 aliphatic rings. The summed E-state index contributed by atoms with van der Waals surface area (Å²) in [5.74, 6) is 0. The first-order valence-electron chi connectivity index (χ1n) is 5.50. The molecule has 1 spiro atoms. The summed E-state index contributed by atoms with van der Waals surface area (Å²) in [5, 5.41) is 1.13. The number of hydrogen-bond donors (Lipinski definition) is 0. The highest BCUT2D eigenvalue weighted by Crippen LogP contribution is 3.12. The van der Waals surface area contributed by atoms with Crippen LogP contribution in [0.15, 0.2) is 0 Å². The molecule has 74 valence electrons. The standard InChI is InChI=1S/C12H20S/c1-9-6-12-7-10(12,2)11(12,3)8(9)13(9,4)5/h8H,6-7H2,1-5H3/t8?,9-,10+,11?,12-/m1/s1. The lowest BCUT2D eigenvalue weighted by molar-refractivity contribution is 0.340. The van der Waals surface area contributed by atoms with Gasteiger partial charge in [-0.05, 0) is 41.6 Å². The van der Waals surface area contributed by atoms with Gasteiger partial charge in [0.2, 0.25) is 0 Å². The van der Waals surface area contributed by atoms with Crippen molar-refractivity contribution in [3.63, 3.8) is 0 Å². The second kappa shape index (κ2) is 1.27. The van der Waals surface area contributed by atoms with E-state index in [4.69, 9.17) is 0 Å². The molecule has 0 N–H and O–H groups in total. The predicted molar refractivity (Wildman–Crippen MR) is 59.5 cm³/mol. The van der Waals surface area contributed by atoms with Crippen molar-refractivity contribution in [2.75, 3.05) is 12.5 Å². The fourth-order valence-corrected chi connectivity index (χ4v) is 10.8. The Morgan fingerprint density at radius 2 is 1.69 bits per heavy atom. The zero-order valence-corrected chi connectivity index (χ0v) is 10.2. The average Bonchev–Trinajstić information content (AvgIpc) is 2.74. The largest absolute Gasteiger partial charge is 0.236 e. The van der Waals surface area contributed by atoms with E-state index in [0.717, 1.165) is 26.2 Å². The van der Waals surface area contributed by atoms with Gasteiger partial charge in [0.1, 0.15) is 0 Å². The molecule has 3 aliphatic carbocycles. The maximum absolute atomic E-state index is 2.61. The molecule has 1 heterocycles. The van der Waals surface area contributed by atoms with Gasteiger partial charge >= 0.3 is 0 Å². The highest BCUT2D eigenvalue weighted by Gasteiger charge is 3.06. The van der Waals surface area contributed by atoms with Gasteiger partial charge in [-0.3, -0.25) is 0 Å². The van der Waals surface area contributed by atoms with Gasteiger partial charge in [-0.1, -0.05) is 20.8 Å². The van der Waals surface area contributed by atoms with Crippen LogP contribution >= 0.6 is 10.0 Å². The lowest BCUT2D eigenvalue weighted by Gasteiger charge is -2.27. The summed E-state index contributed by atoms with van der Waals surface area (Å²) in [7, 11) is -0.211. The van der Waals surface area contributed by atoms with Crippen LogP contribution in [0.2, 0.25) is 0 Å². The fourth-order valence-electron chi connectivity index (χ4n) is 5.94. The number of rotatable bonds is 0. The first-order chi connectivity index (χ1) is 5.78. The van der Waals surface area contributed by atoms with Gasteiger partial charge in [0, 0.05) is 10.00 Å². The Labute approximate surface area is 82.8 Å². The van der Waals surface area contributed by atoms with Gasteiger partial charge in [0.25, 0.3) is 0 Å². The van der Waals surface area contributed by atoms with E-state index in [1.165, 1.54) is 0 Å². The molecule has 1 aliphatic heterocycles. The summed E-state index contributed by atoms with van der Waals surface area (Å²) in [4.78, 5) is 0. The first-order valence-corrected chi connectivity index (χ1v) is 8.01. The molecule has 0 aromatic rings. The van der Waals surface area contributed by atoms with E-state index in [0.29, 0.717) is 0 Å². The molecule has 0 radical (unpaired) electrons. The minimum atomic E-state index is -0.211. The van der Waals surface area contributed by atoms with Crippen molar-refractivity contribution < 1.29 is 0 Å². The topological polar surface area (TPSA) is 0 Å². The molecule has 0 bridgehead atoms. The van der Waals surface area contributed by atoms with Crippen molar-refractivity contribution >= 4 is 10.0 Å². The molecular weight excluding hydrogens is 176 g/mol. The second-order valence-corrected chi connectivity index (χ2v) is 11.3. The van der Waals surface area contributed by atoms with E-state index >= 15 is 0 Å². The van der Waals surface area contributed by atoms with Gasteiger partial charge in [-0.15, -0.1) is 0 Å². The molecule has 1 saturated heterocycles. The van der Waals surface area contributed by atoms with Crippen LogP contribution < -0.4 is 0 Å². The van der Waals surface area contributed by atoms with E-state index in [2.05, 4.69) is 33.3 Å². The highest BCUT2D eigenvalue weighted by molar-refractivity contribution is 8.40. The normalized spacial score (nSPS) is 82.1. The molecule has 0 nitrogen and oxygen atoms in total. The number of hydrogen-bond acceptors (Lipinski definition) is 0. The molecule has 0 amide bonds. The van der Waals surface area contributed by atoms with Gasteiger partial charge in [-0.2, -0.15) is 0 Å². The van der Waals surface area contributed by atoms with Crippen LogP contribution in [0.5, 0.6) is 0 Å². The van der Waals surface area contributed by atoms with Crippen molar-refractivity contribution in [3.05, 3.63) is 0 Å². The van der Waals surface area contributed by atoms with E-state index < -0.39 is 0 Å². The Morgan fingerprint density at radius 1 is 1.08 bits per heavy atom. The molecule has 4 fully saturated rings. The summed E-state index contributed by atoms with van der Waals surface area (Å²) in [6, 6.07) is 0. The molecule has 2 unspecified atom stereocenters. The third-order valence-corrected chi connectivity index (χ3v) is 11.8. The van der Waals surface area contributed by atoms with E-state index in [1.54, 1.807) is 12.8 Å². The van der Waals surface area contributed by atoms with Crippen molar-refractivity contribution in [2.24, 2.45) is 16.2 Å². The molecule has 0 aromatic heterocycles. The predicted octanol–water partition coefficient (Wildman–Crippen LogP) is 3.01. The molecular formula is C12H20S. The van der Waals surface area contributed by atoms with Crippen LogP contribution in [-0.4, -0.2) is 22.5 Å². The lowest BCUT2D eigenvalue weighted by atomic mass is 9.86. The third kappa shape index (κ3) is 0.363. The van der Waals surface area contributed by atoms with E-state index in [9.17, 15) is 0 Å². The fraction of sp³-hybridized carbons (Fsp3) is 1.00. The lowest BCUT2D eigenvalue weighted by Crippen LogP contribution is -2.19. The van der Waals surface area contributed by atoms with Crippen LogP contribution in [0.4, 0.5) is 0 Å². The summed E-state index contributed by atoms with van der Waals surface area (Å²) < 4.78 is 0.803. The molecule has 1 heteroatoms. The van der Waals surface area contributed by atoms with Crippen LogP contribution in [-0.2, 0) is 0 Å². The summed E-state index contributed by atoms with van der Waals surface area (Å²) in [5.41, 5.74) is 2.47. The van der Waals surface area contributed by atoms with Crippen LogP contribution in [0.1, 0.15) is 33.6 Å². The first kappa shape index (κ1) is 7.62. The molecule has 4 rings (SSSR count). The summed E-state index contributed by atoms with van der Waals surface area (Å²) in [6.07, 6.45) is 8.31. The zero-order chi connectivity index (χ0) is 9.49. The zero-order valence-electron chi connectivity index (χ0n) is 9.40. The molecule has 3 saturated carbocycles. The smallest absolute Gasteiger partial charge is 0.00883 e. The SMILES string of the molecule is CC12C3[C@@](C)(C[C@]14C[C@@]24C)S3(C)C. The highest BCUT2D eigenvalue weighted by atomic mass is 32.3.